The van der Waals surface area contributed by atoms with Gasteiger partial charge in [-0.3, -0.25) is 4.79 Å². The van der Waals surface area contributed by atoms with E-state index in [0.717, 1.165) is 35.1 Å². The number of hydrogen-bond acceptors (Lipinski definition) is 3. The van der Waals surface area contributed by atoms with E-state index in [1.165, 1.54) is 7.11 Å². The number of hydrogen-bond donors (Lipinski definition) is 1. The van der Waals surface area contributed by atoms with Crippen LogP contribution >= 0.6 is 24.0 Å². The number of rotatable bonds is 8. The molecule has 3 unspecified atom stereocenters. The van der Waals surface area contributed by atoms with Crippen molar-refractivity contribution >= 4 is 35.9 Å². The predicted octanol–water partition coefficient (Wildman–Crippen LogP) is 6.61. The highest BCUT2D eigenvalue weighted by molar-refractivity contribution is 6.31. The van der Waals surface area contributed by atoms with Crippen LogP contribution in [0.5, 0.6) is 0 Å². The molecule has 0 aliphatic heterocycles. The number of aromatic carboxylic acids is 1. The summed E-state index contributed by atoms with van der Waals surface area (Å²) < 4.78 is 5.01. The van der Waals surface area contributed by atoms with E-state index in [9.17, 15) is 14.7 Å². The maximum Gasteiger partial charge on any atom is 0.335 e. The van der Waals surface area contributed by atoms with Crippen LogP contribution in [-0.4, -0.2) is 24.2 Å². The molecule has 31 heavy (non-hydrogen) atoms. The minimum absolute atomic E-state index is 0. The van der Waals surface area contributed by atoms with Gasteiger partial charge in [-0.05, 0) is 66.1 Å². The van der Waals surface area contributed by atoms with E-state index in [0.29, 0.717) is 10.6 Å². The number of halogens is 2. The number of benzene rings is 2. The number of methoxy groups -OCH3 is 1. The number of ether oxygens (including phenoxy) is 1. The molecule has 0 saturated carbocycles. The van der Waals surface area contributed by atoms with Gasteiger partial charge >= 0.3 is 11.9 Å². The molecule has 2 rings (SSSR count). The first-order valence-corrected chi connectivity index (χ1v) is 10.7. The Morgan fingerprint density at radius 3 is 2.35 bits per heavy atom. The second kappa shape index (κ2) is 11.5. The van der Waals surface area contributed by atoms with Crippen LogP contribution < -0.4 is 0 Å². The molecule has 0 aliphatic carbocycles. The smallest absolute Gasteiger partial charge is 0.335 e. The number of carboxylic acid groups (broad SMARTS) is 1. The summed E-state index contributed by atoms with van der Waals surface area (Å²) >= 11 is 6.80. The van der Waals surface area contributed by atoms with E-state index in [2.05, 4.69) is 13.0 Å². The van der Waals surface area contributed by atoms with Gasteiger partial charge in [0, 0.05) is 10.9 Å². The third kappa shape index (κ3) is 5.81. The molecule has 0 amide bonds. The third-order valence-corrected chi connectivity index (χ3v) is 6.33. The highest BCUT2D eigenvalue weighted by atomic mass is 35.5. The second-order valence-corrected chi connectivity index (χ2v) is 8.45. The summed E-state index contributed by atoms with van der Waals surface area (Å²) in [4.78, 5) is 24.2. The minimum Gasteiger partial charge on any atom is -0.478 e. The fourth-order valence-electron chi connectivity index (χ4n) is 4.26. The van der Waals surface area contributed by atoms with Gasteiger partial charge in [0.25, 0.3) is 0 Å². The molecule has 0 spiro atoms. The van der Waals surface area contributed by atoms with Crippen molar-refractivity contribution in [1.82, 2.24) is 0 Å². The normalized spacial score (nSPS) is 13.6. The van der Waals surface area contributed by atoms with Gasteiger partial charge in [0.15, 0.2) is 0 Å². The molecule has 0 radical (unpaired) electrons. The van der Waals surface area contributed by atoms with Crippen molar-refractivity contribution < 1.29 is 19.4 Å². The lowest BCUT2D eigenvalue weighted by atomic mass is 9.72. The van der Waals surface area contributed by atoms with Crippen molar-refractivity contribution in [2.75, 3.05) is 7.11 Å². The molecule has 0 fully saturated rings. The van der Waals surface area contributed by atoms with Gasteiger partial charge < -0.3 is 9.84 Å². The van der Waals surface area contributed by atoms with Crippen molar-refractivity contribution in [2.45, 2.75) is 53.4 Å². The molecular formula is C25H32Cl2O4. The molecule has 0 aliphatic rings. The summed E-state index contributed by atoms with van der Waals surface area (Å²) in [5.41, 5.74) is 5.01. The molecule has 0 aromatic heterocycles. The average molecular weight is 467 g/mol. The SMILES string of the molecule is CCCc1cc(C)cc(Cl)c1C(c1cccc(C(=O)O)c1C)C(C)C(C)C(=O)OC.Cl. The summed E-state index contributed by atoms with van der Waals surface area (Å²) in [6, 6.07) is 9.39. The van der Waals surface area contributed by atoms with E-state index in [1.807, 2.05) is 39.8 Å². The van der Waals surface area contributed by atoms with E-state index in [4.69, 9.17) is 16.3 Å². The maximum absolute atomic E-state index is 12.4. The Labute approximate surface area is 196 Å². The summed E-state index contributed by atoms with van der Waals surface area (Å²) in [6.07, 6.45) is 1.80. The van der Waals surface area contributed by atoms with Crippen LogP contribution in [0.4, 0.5) is 0 Å². The number of esters is 1. The molecule has 170 valence electrons. The van der Waals surface area contributed by atoms with Crippen LogP contribution in [0.15, 0.2) is 30.3 Å². The van der Waals surface area contributed by atoms with Gasteiger partial charge in [0.1, 0.15) is 0 Å². The quantitative estimate of drug-likeness (QED) is 0.444. The Balaban J connectivity index is 0.00000480. The zero-order chi connectivity index (χ0) is 22.6. The molecule has 1 N–H and O–H groups in total. The number of carbonyl (C=O) groups excluding carboxylic acids is 1. The largest absolute Gasteiger partial charge is 0.478 e. The summed E-state index contributed by atoms with van der Waals surface area (Å²) in [7, 11) is 1.39. The Morgan fingerprint density at radius 1 is 1.16 bits per heavy atom. The standard InChI is InChI=1S/C25H31ClO4.ClH/c1-7-9-18-12-14(2)13-21(26)23(18)22(15(3)16(4)25(29)30-6)19-10-8-11-20(17(19)5)24(27)28;/h8,10-13,15-16,22H,7,9H2,1-6H3,(H,27,28);1H. The molecule has 2 aromatic carbocycles. The van der Waals surface area contributed by atoms with Crippen LogP contribution in [0, 0.1) is 25.7 Å². The molecule has 0 saturated heterocycles. The van der Waals surface area contributed by atoms with Crippen LogP contribution in [0.2, 0.25) is 5.02 Å². The third-order valence-electron chi connectivity index (χ3n) is 6.02. The average Bonchev–Trinajstić information content (AvgIpc) is 2.69. The Hall–Kier alpha value is -2.04. The van der Waals surface area contributed by atoms with Gasteiger partial charge in [-0.25, -0.2) is 4.79 Å². The summed E-state index contributed by atoms with van der Waals surface area (Å²) in [5, 5.41) is 10.3. The van der Waals surface area contributed by atoms with E-state index in [-0.39, 0.29) is 41.7 Å². The fourth-order valence-corrected chi connectivity index (χ4v) is 4.67. The highest BCUT2D eigenvalue weighted by Gasteiger charge is 2.34. The zero-order valence-corrected chi connectivity index (χ0v) is 20.6. The monoisotopic (exact) mass is 466 g/mol. The Kier molecular flexibility index (Phi) is 10.1. The summed E-state index contributed by atoms with van der Waals surface area (Å²) in [5.74, 6) is -2.05. The van der Waals surface area contributed by atoms with Gasteiger partial charge in [0.2, 0.25) is 0 Å². The lowest BCUT2D eigenvalue weighted by molar-refractivity contribution is -0.146. The molecule has 3 atom stereocenters. The zero-order valence-electron chi connectivity index (χ0n) is 19.0. The maximum atomic E-state index is 12.4. The van der Waals surface area contributed by atoms with Gasteiger partial charge in [-0.2, -0.15) is 0 Å². The molecule has 0 heterocycles. The Bertz CT molecular complexity index is 939. The predicted molar refractivity (Wildman–Crippen MR) is 128 cm³/mol. The van der Waals surface area contributed by atoms with Crippen LogP contribution in [-0.2, 0) is 16.0 Å². The van der Waals surface area contributed by atoms with E-state index >= 15 is 0 Å². The number of carbonyl (C=O) groups is 2. The number of carboxylic acids is 1. The molecule has 4 nitrogen and oxygen atoms in total. The van der Waals surface area contributed by atoms with Gasteiger partial charge in [0.05, 0.1) is 18.6 Å². The van der Waals surface area contributed by atoms with Crippen molar-refractivity contribution in [3.05, 3.63) is 68.7 Å². The first-order valence-electron chi connectivity index (χ1n) is 10.3. The fraction of sp³-hybridized carbons (Fsp3) is 0.440. The molecule has 6 heteroatoms. The van der Waals surface area contributed by atoms with Crippen molar-refractivity contribution in [3.63, 3.8) is 0 Å². The first-order chi connectivity index (χ1) is 14.1. The number of aryl methyl sites for hydroxylation is 2. The van der Waals surface area contributed by atoms with Crippen LogP contribution in [0.3, 0.4) is 0 Å². The first kappa shape index (κ1) is 27.0. The van der Waals surface area contributed by atoms with Crippen LogP contribution in [0.25, 0.3) is 0 Å². The van der Waals surface area contributed by atoms with Crippen LogP contribution in [0.1, 0.15) is 71.3 Å². The molecule has 0 bridgehead atoms. The lowest BCUT2D eigenvalue weighted by Crippen LogP contribution is -2.27. The van der Waals surface area contributed by atoms with E-state index in [1.54, 1.807) is 12.1 Å². The molecule has 2 aromatic rings. The molecular weight excluding hydrogens is 435 g/mol. The lowest BCUT2D eigenvalue weighted by Gasteiger charge is -2.32. The summed E-state index contributed by atoms with van der Waals surface area (Å²) in [6.45, 7) is 9.81. The van der Waals surface area contributed by atoms with Crippen molar-refractivity contribution in [2.24, 2.45) is 11.8 Å². The van der Waals surface area contributed by atoms with E-state index < -0.39 is 5.97 Å². The topological polar surface area (TPSA) is 63.6 Å². The van der Waals surface area contributed by atoms with Gasteiger partial charge in [-0.15, -0.1) is 12.4 Å². The van der Waals surface area contributed by atoms with Crippen molar-refractivity contribution in [3.8, 4) is 0 Å². The highest BCUT2D eigenvalue weighted by Crippen LogP contribution is 2.43. The second-order valence-electron chi connectivity index (χ2n) is 8.04. The van der Waals surface area contributed by atoms with Crippen molar-refractivity contribution in [1.29, 1.82) is 0 Å². The minimum atomic E-state index is -0.967. The van der Waals surface area contributed by atoms with Gasteiger partial charge in [-0.1, -0.05) is 57.0 Å². The Morgan fingerprint density at radius 2 is 1.81 bits per heavy atom.